The molecule has 0 bridgehead atoms. The summed E-state index contributed by atoms with van der Waals surface area (Å²) in [5.41, 5.74) is 8.63. The molecule has 1 aromatic carbocycles. The number of nitrogens with zero attached hydrogens (tertiary/aromatic N) is 3. The smallest absolute Gasteiger partial charge is 0.264 e. The van der Waals surface area contributed by atoms with Crippen molar-refractivity contribution in [3.05, 3.63) is 65.2 Å². The van der Waals surface area contributed by atoms with E-state index in [1.807, 2.05) is 12.4 Å². The second kappa shape index (κ2) is 4.73. The predicted molar refractivity (Wildman–Crippen MR) is 86.4 cm³/mol. The summed E-state index contributed by atoms with van der Waals surface area (Å²) in [6, 6.07) is 8.61. The Hall–Kier alpha value is -2.55. The fourth-order valence-corrected chi connectivity index (χ4v) is 3.19. The van der Waals surface area contributed by atoms with Gasteiger partial charge in [-0.25, -0.2) is 4.57 Å². The first kappa shape index (κ1) is 13.1. The highest BCUT2D eigenvalue weighted by Crippen LogP contribution is 2.34. The summed E-state index contributed by atoms with van der Waals surface area (Å²) >= 11 is 0. The standard InChI is InChI=1S/C19H18N3/c1-12-4-5-13(2)16(8-12)19-21-18-9-14-10-20-7-6-15(14)17(18)11-22(19)3/h4-8,10-11H,9H2,1-3H3/q+1. The molecule has 1 aliphatic carbocycles. The first-order valence-corrected chi connectivity index (χ1v) is 7.54. The molecule has 0 atom stereocenters. The molecule has 2 heterocycles. The number of hydrogen-bond donors (Lipinski definition) is 0. The Morgan fingerprint density at radius 2 is 1.91 bits per heavy atom. The third-order valence-electron chi connectivity index (χ3n) is 4.39. The first-order valence-electron chi connectivity index (χ1n) is 7.54. The SMILES string of the molecule is Cc1ccc(C)c(-c2nc3c(c[n+]2C)-c2ccncc2C3)c1. The number of benzene rings is 1. The van der Waals surface area contributed by atoms with E-state index in [0.717, 1.165) is 17.9 Å². The van der Waals surface area contributed by atoms with Crippen molar-refractivity contribution in [1.29, 1.82) is 0 Å². The molecule has 0 amide bonds. The Balaban J connectivity index is 1.92. The molecule has 3 nitrogen and oxygen atoms in total. The third kappa shape index (κ3) is 1.93. The average molecular weight is 288 g/mol. The minimum absolute atomic E-state index is 0.872. The quantitative estimate of drug-likeness (QED) is 0.504. The zero-order valence-corrected chi connectivity index (χ0v) is 13.1. The lowest BCUT2D eigenvalue weighted by molar-refractivity contribution is -0.662. The van der Waals surface area contributed by atoms with Gasteiger partial charge in [-0.05, 0) is 47.7 Å². The number of aromatic nitrogens is 3. The Morgan fingerprint density at radius 1 is 1.05 bits per heavy atom. The van der Waals surface area contributed by atoms with E-state index in [0.29, 0.717) is 0 Å². The minimum atomic E-state index is 0.872. The van der Waals surface area contributed by atoms with Gasteiger partial charge in [-0.2, -0.15) is 0 Å². The Labute approximate surface area is 130 Å². The molecule has 108 valence electrons. The summed E-state index contributed by atoms with van der Waals surface area (Å²) in [6.07, 6.45) is 6.88. The van der Waals surface area contributed by atoms with E-state index in [9.17, 15) is 0 Å². The van der Waals surface area contributed by atoms with E-state index >= 15 is 0 Å². The summed E-state index contributed by atoms with van der Waals surface area (Å²) < 4.78 is 2.14. The molecule has 0 fully saturated rings. The molecular formula is C19H18N3+. The maximum Gasteiger partial charge on any atom is 0.330 e. The highest BCUT2D eigenvalue weighted by molar-refractivity contribution is 5.74. The van der Waals surface area contributed by atoms with Crippen molar-refractivity contribution in [2.45, 2.75) is 20.3 Å². The summed E-state index contributed by atoms with van der Waals surface area (Å²) in [5, 5.41) is 0. The van der Waals surface area contributed by atoms with Crippen LogP contribution in [0.1, 0.15) is 22.4 Å². The summed E-state index contributed by atoms with van der Waals surface area (Å²) in [7, 11) is 2.07. The Bertz CT molecular complexity index is 897. The largest absolute Gasteiger partial charge is 0.330 e. The molecule has 0 radical (unpaired) electrons. The van der Waals surface area contributed by atoms with E-state index in [1.165, 1.54) is 33.4 Å². The molecule has 0 spiro atoms. The van der Waals surface area contributed by atoms with Crippen LogP contribution in [0.4, 0.5) is 0 Å². The van der Waals surface area contributed by atoms with Gasteiger partial charge in [-0.1, -0.05) is 17.7 Å². The van der Waals surface area contributed by atoms with Crippen LogP contribution in [0.25, 0.3) is 22.5 Å². The molecule has 3 heteroatoms. The summed E-state index contributed by atoms with van der Waals surface area (Å²) in [6.45, 7) is 4.26. The zero-order valence-electron chi connectivity index (χ0n) is 13.1. The van der Waals surface area contributed by atoms with Gasteiger partial charge in [-0.3, -0.25) is 4.98 Å². The van der Waals surface area contributed by atoms with E-state index in [4.69, 9.17) is 4.98 Å². The van der Waals surface area contributed by atoms with E-state index < -0.39 is 0 Å². The fraction of sp³-hybridized carbons (Fsp3) is 0.211. The lowest BCUT2D eigenvalue weighted by Gasteiger charge is -2.06. The highest BCUT2D eigenvalue weighted by Gasteiger charge is 2.28. The topological polar surface area (TPSA) is 29.7 Å². The van der Waals surface area contributed by atoms with Gasteiger partial charge >= 0.3 is 5.82 Å². The van der Waals surface area contributed by atoms with Crippen molar-refractivity contribution < 1.29 is 4.57 Å². The normalized spacial score (nSPS) is 12.1. The molecular weight excluding hydrogens is 270 g/mol. The van der Waals surface area contributed by atoms with Crippen LogP contribution in [0.3, 0.4) is 0 Å². The number of hydrogen-bond acceptors (Lipinski definition) is 2. The second-order valence-corrected chi connectivity index (χ2v) is 6.06. The molecule has 0 unspecified atom stereocenters. The molecule has 2 aromatic heterocycles. The van der Waals surface area contributed by atoms with Crippen molar-refractivity contribution >= 4 is 0 Å². The van der Waals surface area contributed by atoms with Gasteiger partial charge in [0.05, 0.1) is 18.2 Å². The number of rotatable bonds is 1. The van der Waals surface area contributed by atoms with Crippen LogP contribution in [-0.2, 0) is 13.5 Å². The first-order chi connectivity index (χ1) is 10.6. The van der Waals surface area contributed by atoms with Crippen molar-refractivity contribution in [2.24, 2.45) is 7.05 Å². The molecule has 0 saturated carbocycles. The van der Waals surface area contributed by atoms with Gasteiger partial charge in [0.25, 0.3) is 0 Å². The second-order valence-electron chi connectivity index (χ2n) is 6.06. The van der Waals surface area contributed by atoms with Crippen molar-refractivity contribution in [3.63, 3.8) is 0 Å². The Morgan fingerprint density at radius 3 is 2.77 bits per heavy atom. The van der Waals surface area contributed by atoms with Crippen LogP contribution in [0, 0.1) is 13.8 Å². The fourth-order valence-electron chi connectivity index (χ4n) is 3.19. The lowest BCUT2D eigenvalue weighted by Crippen LogP contribution is -2.33. The van der Waals surface area contributed by atoms with Crippen LogP contribution in [0.5, 0.6) is 0 Å². The third-order valence-corrected chi connectivity index (χ3v) is 4.39. The van der Waals surface area contributed by atoms with Crippen LogP contribution < -0.4 is 4.57 Å². The molecule has 0 N–H and O–H groups in total. The van der Waals surface area contributed by atoms with Gasteiger partial charge < -0.3 is 0 Å². The van der Waals surface area contributed by atoms with Gasteiger partial charge in [0.1, 0.15) is 6.20 Å². The van der Waals surface area contributed by atoms with Gasteiger partial charge in [0.2, 0.25) is 0 Å². The highest BCUT2D eigenvalue weighted by atomic mass is 15.0. The maximum absolute atomic E-state index is 4.97. The number of aryl methyl sites for hydroxylation is 3. The van der Waals surface area contributed by atoms with E-state index in [-0.39, 0.29) is 0 Å². The van der Waals surface area contributed by atoms with Gasteiger partial charge in [0, 0.05) is 18.8 Å². The molecule has 0 saturated heterocycles. The molecule has 1 aliphatic rings. The molecule has 3 aromatic rings. The lowest BCUT2D eigenvalue weighted by atomic mass is 10.0. The summed E-state index contributed by atoms with van der Waals surface area (Å²) in [4.78, 5) is 9.21. The van der Waals surface area contributed by atoms with Gasteiger partial charge in [-0.15, -0.1) is 0 Å². The number of fused-ring (bicyclic) bond motifs is 3. The number of pyridine rings is 1. The van der Waals surface area contributed by atoms with Gasteiger partial charge in [0.15, 0.2) is 5.69 Å². The Kier molecular flexibility index (Phi) is 2.83. The monoisotopic (exact) mass is 288 g/mol. The van der Waals surface area contributed by atoms with Crippen LogP contribution in [0.15, 0.2) is 42.9 Å². The molecule has 22 heavy (non-hydrogen) atoms. The van der Waals surface area contributed by atoms with Crippen molar-refractivity contribution in [1.82, 2.24) is 9.97 Å². The van der Waals surface area contributed by atoms with Crippen molar-refractivity contribution in [3.8, 4) is 22.5 Å². The molecule has 0 aliphatic heterocycles. The van der Waals surface area contributed by atoms with Crippen LogP contribution in [0.2, 0.25) is 0 Å². The van der Waals surface area contributed by atoms with E-state index in [1.54, 1.807) is 0 Å². The maximum atomic E-state index is 4.97. The molecule has 4 rings (SSSR count). The van der Waals surface area contributed by atoms with E-state index in [2.05, 4.69) is 60.9 Å². The zero-order chi connectivity index (χ0) is 15.3. The average Bonchev–Trinajstić information content (AvgIpc) is 2.87. The van der Waals surface area contributed by atoms with Crippen molar-refractivity contribution in [2.75, 3.05) is 0 Å². The minimum Gasteiger partial charge on any atom is -0.264 e. The predicted octanol–water partition coefficient (Wildman–Crippen LogP) is 3.16. The summed E-state index contributed by atoms with van der Waals surface area (Å²) in [5.74, 6) is 1.03. The van der Waals surface area contributed by atoms with Crippen LogP contribution >= 0.6 is 0 Å². The van der Waals surface area contributed by atoms with Crippen LogP contribution in [-0.4, -0.2) is 9.97 Å².